The van der Waals surface area contributed by atoms with Gasteiger partial charge in [0.2, 0.25) is 23.6 Å². The van der Waals surface area contributed by atoms with Crippen molar-refractivity contribution in [2.45, 2.75) is 131 Å². The molecule has 4 heterocycles. The number of carbonyl (C=O) groups excluding carboxylic acids is 6. The number of aromatic nitrogens is 6. The summed E-state index contributed by atoms with van der Waals surface area (Å²) in [4.78, 5) is 79.9. The van der Waals surface area contributed by atoms with Gasteiger partial charge in [-0.2, -0.15) is 0 Å². The molecule has 0 aliphatic carbocycles. The van der Waals surface area contributed by atoms with Gasteiger partial charge in [-0.15, -0.1) is 10.2 Å². The average Bonchev–Trinajstić information content (AvgIpc) is 1.94. The maximum atomic E-state index is 13.7. The molecule has 460 valence electrons. The molecule has 0 radical (unpaired) electrons. The van der Waals surface area contributed by atoms with Crippen LogP contribution in [-0.2, 0) is 64.3 Å². The van der Waals surface area contributed by atoms with Crippen molar-refractivity contribution in [1.29, 1.82) is 0 Å². The Morgan fingerprint density at radius 1 is 0.430 bits per heavy atom. The zero-order valence-electron chi connectivity index (χ0n) is 50.3. The van der Waals surface area contributed by atoms with Gasteiger partial charge in [-0.1, -0.05) is 149 Å². The van der Waals surface area contributed by atoms with Crippen LogP contribution in [0.1, 0.15) is 116 Å². The molecule has 0 saturated heterocycles. The number of ether oxygens (including phenoxy) is 4. The molecule has 0 spiro atoms. The van der Waals surface area contributed by atoms with Crippen molar-refractivity contribution < 1.29 is 47.7 Å². The molecule has 86 heavy (non-hydrogen) atoms. The van der Waals surface area contributed by atoms with Crippen LogP contribution in [0.4, 0.5) is 21.0 Å². The predicted molar refractivity (Wildman–Crippen MR) is 329 cm³/mol. The summed E-state index contributed by atoms with van der Waals surface area (Å²) in [7, 11) is 0. The van der Waals surface area contributed by atoms with Crippen LogP contribution in [0.3, 0.4) is 0 Å². The zero-order valence-corrected chi connectivity index (χ0v) is 50.3. The first-order valence-electron chi connectivity index (χ1n) is 30.4. The maximum Gasteiger partial charge on any atom is 0.407 e. The van der Waals surface area contributed by atoms with Crippen LogP contribution < -0.4 is 31.1 Å². The van der Waals surface area contributed by atoms with Crippen molar-refractivity contribution in [3.63, 3.8) is 0 Å². The van der Waals surface area contributed by atoms with Crippen molar-refractivity contribution >= 4 is 47.2 Å². The molecule has 0 fully saturated rings. The van der Waals surface area contributed by atoms with Gasteiger partial charge >= 0.3 is 12.2 Å². The molecule has 4 aromatic carbocycles. The third-order valence-electron chi connectivity index (χ3n) is 14.3. The topological polar surface area (TPSA) is 255 Å². The van der Waals surface area contributed by atoms with Crippen LogP contribution in [0.5, 0.6) is 0 Å². The Morgan fingerprint density at radius 2 is 0.849 bits per heavy atom. The molecule has 0 unspecified atom stereocenters. The second-order valence-electron chi connectivity index (χ2n) is 20.8. The van der Waals surface area contributed by atoms with Crippen molar-refractivity contribution in [1.82, 2.24) is 51.3 Å². The van der Waals surface area contributed by atoms with Crippen LogP contribution >= 0.6 is 0 Å². The van der Waals surface area contributed by atoms with Crippen molar-refractivity contribution in [3.05, 3.63) is 108 Å². The Balaban J connectivity index is 0.000000246. The number of fused-ring (bicyclic) bond motifs is 10. The van der Waals surface area contributed by atoms with E-state index in [-0.39, 0.29) is 69.1 Å². The standard InChI is InChI=1S/2C32H42N6O5/c1-3-5-10-17-34-32(41)43-22-19-38-31-25-12-7-6-11-24(25)23-37(27-14-9-8-13-26(27)30(31)35-36-38)29(40)16-15-28(39)33-18-21-42-20-4-2;1-3-5-10-17-34-32(41)43-22-19-38-31-26-13-8-9-14-27(26)37(23-24-11-6-7-12-25(24)30(31)35-36-38)29(40)16-15-28(39)33-18-21-42-20-4-2/h2*6-9,11-14H,3-5,10,15-23H2,1-2H3,(H,33,39)(H,34,41). The van der Waals surface area contributed by atoms with Gasteiger partial charge in [0, 0.05) is 87.3 Å². The molecule has 8 rings (SSSR count). The van der Waals surface area contributed by atoms with E-state index < -0.39 is 12.2 Å². The SMILES string of the molecule is CCCCCNC(=O)OCCn1nnc2c1-c1ccccc1CN(C(=O)CCC(=O)NCCOCCC)c1ccccc1-2.CCCCCNC(=O)OCCn1nnc2c1-c1ccccc1N(C(=O)CCC(=O)NCCOCCC)Cc1ccccc1-2. The van der Waals surface area contributed by atoms with Crippen molar-refractivity contribution in [3.8, 4) is 45.0 Å². The normalized spacial score (nSPS) is 11.9. The van der Waals surface area contributed by atoms with Crippen LogP contribution in [0.2, 0.25) is 0 Å². The van der Waals surface area contributed by atoms with E-state index in [2.05, 4.69) is 55.7 Å². The number of alkyl carbamates (subject to hydrolysis) is 2. The summed E-state index contributed by atoms with van der Waals surface area (Å²) in [5, 5.41) is 29.1. The molecule has 2 aliphatic rings. The molecule has 2 aromatic heterocycles. The first-order valence-corrected chi connectivity index (χ1v) is 30.4. The lowest BCUT2D eigenvalue weighted by molar-refractivity contribution is -0.125. The number of benzene rings is 4. The molecule has 0 bridgehead atoms. The van der Waals surface area contributed by atoms with E-state index in [1.807, 2.05) is 111 Å². The highest BCUT2D eigenvalue weighted by Crippen LogP contribution is 2.43. The molecule has 6 amide bonds. The summed E-state index contributed by atoms with van der Waals surface area (Å²) in [6.45, 7) is 14.0. The molecule has 0 saturated carbocycles. The van der Waals surface area contributed by atoms with E-state index in [0.29, 0.717) is 95.0 Å². The Bertz CT molecular complexity index is 3160. The lowest BCUT2D eigenvalue weighted by Gasteiger charge is -2.28. The molecule has 22 nitrogen and oxygen atoms in total. The Labute approximate surface area is 504 Å². The predicted octanol–water partition coefficient (Wildman–Crippen LogP) is 9.40. The van der Waals surface area contributed by atoms with Gasteiger partial charge in [0.05, 0.1) is 62.2 Å². The molecule has 22 heteroatoms. The minimum atomic E-state index is -0.459. The number of anilines is 2. The number of unbranched alkanes of at least 4 members (excludes halogenated alkanes) is 4. The molecule has 2 aliphatic heterocycles. The Hall–Kier alpha value is -8.50. The number of para-hydroxylation sites is 2. The van der Waals surface area contributed by atoms with Crippen molar-refractivity contribution in [2.75, 3.05) is 75.6 Å². The number of nitrogens with one attached hydrogen (secondary N) is 4. The Morgan fingerprint density at radius 3 is 1.35 bits per heavy atom. The van der Waals surface area contributed by atoms with Crippen LogP contribution in [0.25, 0.3) is 45.0 Å². The number of rotatable bonds is 30. The second kappa shape index (κ2) is 35.1. The van der Waals surface area contributed by atoms with Crippen LogP contribution in [0, 0.1) is 0 Å². The van der Waals surface area contributed by atoms with Crippen molar-refractivity contribution in [2.24, 2.45) is 0 Å². The number of nitrogens with zero attached hydrogens (tertiary/aromatic N) is 8. The van der Waals surface area contributed by atoms with Gasteiger partial charge in [-0.05, 0) is 48.9 Å². The van der Waals surface area contributed by atoms with E-state index in [1.165, 1.54) is 0 Å². The first-order chi connectivity index (χ1) is 42.1. The largest absolute Gasteiger partial charge is 0.448 e. The third kappa shape index (κ3) is 18.7. The van der Waals surface area contributed by atoms with Gasteiger partial charge in [0.25, 0.3) is 0 Å². The highest BCUT2D eigenvalue weighted by molar-refractivity contribution is 6.02. The maximum absolute atomic E-state index is 13.7. The molecule has 0 atom stereocenters. The third-order valence-corrected chi connectivity index (χ3v) is 14.3. The summed E-state index contributed by atoms with van der Waals surface area (Å²) >= 11 is 0. The van der Waals surface area contributed by atoms with Gasteiger partial charge in [0.1, 0.15) is 24.6 Å². The minimum absolute atomic E-state index is 0.0593. The lowest BCUT2D eigenvalue weighted by Crippen LogP contribution is -2.34. The first kappa shape index (κ1) is 65.1. The highest BCUT2D eigenvalue weighted by Gasteiger charge is 2.31. The highest BCUT2D eigenvalue weighted by atomic mass is 16.6. The number of carbonyl (C=O) groups is 6. The van der Waals surface area contributed by atoms with E-state index in [4.69, 9.17) is 18.9 Å². The molecule has 4 N–H and O–H groups in total. The number of hydrogen-bond acceptors (Lipinski definition) is 14. The summed E-state index contributed by atoms with van der Waals surface area (Å²) in [6, 6.07) is 30.9. The lowest BCUT2D eigenvalue weighted by atomic mass is 9.95. The fourth-order valence-corrected chi connectivity index (χ4v) is 9.98. The fourth-order valence-electron chi connectivity index (χ4n) is 9.98. The van der Waals surface area contributed by atoms with E-state index in [0.717, 1.165) is 96.1 Å². The zero-order chi connectivity index (χ0) is 60.9. The van der Waals surface area contributed by atoms with Crippen LogP contribution in [-0.4, -0.2) is 132 Å². The second-order valence-corrected chi connectivity index (χ2v) is 20.8. The summed E-state index contributed by atoms with van der Waals surface area (Å²) in [5.41, 5.74) is 9.41. The summed E-state index contributed by atoms with van der Waals surface area (Å²) < 4.78 is 25.1. The molecule has 6 aromatic rings. The van der Waals surface area contributed by atoms with E-state index in [1.54, 1.807) is 19.2 Å². The van der Waals surface area contributed by atoms with Gasteiger partial charge < -0.3 is 50.0 Å². The van der Waals surface area contributed by atoms with Gasteiger partial charge in [-0.25, -0.2) is 19.0 Å². The molecular formula is C64H84N12O10. The minimum Gasteiger partial charge on any atom is -0.448 e. The van der Waals surface area contributed by atoms with Crippen LogP contribution in [0.15, 0.2) is 97.1 Å². The van der Waals surface area contributed by atoms with E-state index >= 15 is 0 Å². The number of hydrogen-bond donors (Lipinski definition) is 4. The van der Waals surface area contributed by atoms with Gasteiger partial charge in [-0.3, -0.25) is 19.2 Å². The van der Waals surface area contributed by atoms with Gasteiger partial charge in [0.15, 0.2) is 0 Å². The average molecular weight is 1180 g/mol. The fraction of sp³-hybridized carbons (Fsp3) is 0.469. The molecular weight excluding hydrogens is 1100 g/mol. The smallest absolute Gasteiger partial charge is 0.407 e. The summed E-state index contributed by atoms with van der Waals surface area (Å²) in [5.74, 6) is -0.691. The van der Waals surface area contributed by atoms with E-state index in [9.17, 15) is 28.8 Å². The summed E-state index contributed by atoms with van der Waals surface area (Å²) in [6.07, 6.45) is 7.31. The number of amides is 6. The quantitative estimate of drug-likeness (QED) is 0.0307. The Kier molecular flexibility index (Phi) is 26.5. The monoisotopic (exact) mass is 1180 g/mol.